The van der Waals surface area contributed by atoms with Gasteiger partial charge in [0.25, 0.3) is 0 Å². The summed E-state index contributed by atoms with van der Waals surface area (Å²) >= 11 is 0. The Labute approximate surface area is 142 Å². The lowest BCUT2D eigenvalue weighted by Gasteiger charge is -2.37. The van der Waals surface area contributed by atoms with E-state index in [1.807, 2.05) is 37.3 Å². The molecule has 0 saturated heterocycles. The van der Waals surface area contributed by atoms with E-state index < -0.39 is 5.66 Å². The van der Waals surface area contributed by atoms with E-state index in [1.54, 1.807) is 18.1 Å². The van der Waals surface area contributed by atoms with Crippen LogP contribution in [0, 0.1) is 0 Å². The lowest BCUT2D eigenvalue weighted by atomic mass is 10.0. The van der Waals surface area contributed by atoms with Gasteiger partial charge in [-0.1, -0.05) is 18.2 Å². The van der Waals surface area contributed by atoms with Crippen LogP contribution in [0.3, 0.4) is 0 Å². The summed E-state index contributed by atoms with van der Waals surface area (Å²) in [6.07, 6.45) is 6.71. The fourth-order valence-electron chi connectivity index (χ4n) is 2.67. The van der Waals surface area contributed by atoms with Crippen molar-refractivity contribution in [3.63, 3.8) is 0 Å². The highest BCUT2D eigenvalue weighted by molar-refractivity contribution is 6.10. The second-order valence-electron chi connectivity index (χ2n) is 6.25. The molecule has 0 spiro atoms. The van der Waals surface area contributed by atoms with Crippen LogP contribution in [0.5, 0.6) is 0 Å². The van der Waals surface area contributed by atoms with Gasteiger partial charge in [0.05, 0.1) is 5.71 Å². The number of nitrogens with zero attached hydrogens (tertiary/aromatic N) is 3. The fourth-order valence-corrected chi connectivity index (χ4v) is 2.67. The number of carbonyl (C=O) groups excluding carboxylic acids is 1. The number of hydrogen-bond acceptors (Lipinski definition) is 6. The molecule has 3 rings (SSSR count). The van der Waals surface area contributed by atoms with Crippen LogP contribution in [0.4, 0.5) is 0 Å². The number of nitrogens with one attached hydrogen (secondary N) is 1. The lowest BCUT2D eigenvalue weighted by Crippen LogP contribution is -2.49. The second kappa shape index (κ2) is 6.57. The molecular weight excluding hydrogens is 302 g/mol. The molecule has 1 fully saturated rings. The predicted molar refractivity (Wildman–Crippen MR) is 95.6 cm³/mol. The molecule has 1 aliphatic heterocycles. The molecular formula is C18H23N5O. The Morgan fingerprint density at radius 2 is 2.29 bits per heavy atom. The number of aliphatic imine (C=N–C) groups is 1. The molecule has 0 radical (unpaired) electrons. The third-order valence-electron chi connectivity index (χ3n) is 4.12. The summed E-state index contributed by atoms with van der Waals surface area (Å²) in [5, 5.41) is 9.45. The van der Waals surface area contributed by atoms with Crippen molar-refractivity contribution < 1.29 is 4.79 Å². The van der Waals surface area contributed by atoms with Gasteiger partial charge in [-0.05, 0) is 38.3 Å². The van der Waals surface area contributed by atoms with Gasteiger partial charge in [-0.15, -0.1) is 0 Å². The van der Waals surface area contributed by atoms with Crippen LogP contribution in [0.2, 0.25) is 0 Å². The van der Waals surface area contributed by atoms with Gasteiger partial charge >= 0.3 is 0 Å². The zero-order valence-corrected chi connectivity index (χ0v) is 14.1. The Morgan fingerprint density at radius 3 is 2.92 bits per heavy atom. The maximum Gasteiger partial charge on any atom is 0.207 e. The van der Waals surface area contributed by atoms with Crippen LogP contribution in [-0.2, 0) is 11.3 Å². The molecule has 24 heavy (non-hydrogen) atoms. The third-order valence-corrected chi connectivity index (χ3v) is 4.12. The van der Waals surface area contributed by atoms with Crippen LogP contribution < -0.4 is 11.1 Å². The highest BCUT2D eigenvalue weighted by atomic mass is 16.1. The lowest BCUT2D eigenvalue weighted by molar-refractivity contribution is -0.116. The topological polar surface area (TPSA) is 83.1 Å². The molecule has 1 aliphatic carbocycles. The molecule has 1 heterocycles. The van der Waals surface area contributed by atoms with E-state index in [0.29, 0.717) is 12.6 Å². The van der Waals surface area contributed by atoms with E-state index in [2.05, 4.69) is 15.4 Å². The summed E-state index contributed by atoms with van der Waals surface area (Å²) in [6, 6.07) is 8.36. The van der Waals surface area contributed by atoms with Crippen LogP contribution in [0.1, 0.15) is 37.8 Å². The molecule has 1 unspecified atom stereocenters. The third kappa shape index (κ3) is 3.23. The minimum Gasteiger partial charge on any atom is -0.367 e. The zero-order chi connectivity index (χ0) is 17.2. The van der Waals surface area contributed by atoms with E-state index in [9.17, 15) is 4.79 Å². The van der Waals surface area contributed by atoms with Crippen LogP contribution in [0.15, 0.2) is 46.3 Å². The van der Waals surface area contributed by atoms with Gasteiger partial charge in [0.15, 0.2) is 6.29 Å². The summed E-state index contributed by atoms with van der Waals surface area (Å²) in [6.45, 7) is 4.06. The first-order chi connectivity index (χ1) is 11.6. The van der Waals surface area contributed by atoms with Crippen LogP contribution in [-0.4, -0.2) is 34.9 Å². The van der Waals surface area contributed by atoms with Crippen molar-refractivity contribution in [2.24, 2.45) is 15.8 Å². The van der Waals surface area contributed by atoms with Gasteiger partial charge in [0, 0.05) is 30.4 Å². The van der Waals surface area contributed by atoms with Gasteiger partial charge in [-0.3, -0.25) is 4.79 Å². The Kier molecular flexibility index (Phi) is 4.49. The Morgan fingerprint density at radius 1 is 1.50 bits per heavy atom. The number of carbonyl (C=O) groups is 1. The molecule has 2 aliphatic rings. The molecule has 0 amide bonds. The number of nitrogens with two attached hydrogens (primary N) is 1. The van der Waals surface area contributed by atoms with E-state index in [-0.39, 0.29) is 0 Å². The standard InChI is InChI=1S/C18H23N5O/c1-3-20-23-17(21-15-7-8-15)10-16(22-18(23,2)12-24)14-6-4-5-13(9-14)11-19/h3-6,9-10,12,15,21H,7-8,11,19H2,1-2H3/b20-3-. The van der Waals surface area contributed by atoms with E-state index in [0.717, 1.165) is 41.8 Å². The second-order valence-corrected chi connectivity index (χ2v) is 6.25. The van der Waals surface area contributed by atoms with Crippen molar-refractivity contribution in [3.05, 3.63) is 47.3 Å². The van der Waals surface area contributed by atoms with Gasteiger partial charge in [-0.2, -0.15) is 5.10 Å². The summed E-state index contributed by atoms with van der Waals surface area (Å²) in [5.41, 5.74) is 7.39. The SMILES string of the molecule is C/C=N\N1C(NC2CC2)=CC(c2cccc(CN)c2)=NC1(C)C=O. The summed E-state index contributed by atoms with van der Waals surface area (Å²) in [5.74, 6) is 0.799. The summed E-state index contributed by atoms with van der Waals surface area (Å²) in [4.78, 5) is 16.5. The maximum absolute atomic E-state index is 11.8. The molecule has 6 heteroatoms. The van der Waals surface area contributed by atoms with Crippen molar-refractivity contribution in [2.75, 3.05) is 0 Å². The van der Waals surface area contributed by atoms with Crippen molar-refractivity contribution in [1.82, 2.24) is 10.3 Å². The number of hydrazone groups is 1. The van der Waals surface area contributed by atoms with Gasteiger partial charge in [0.2, 0.25) is 5.66 Å². The number of aldehydes is 1. The minimum atomic E-state index is -1.08. The molecule has 0 bridgehead atoms. The largest absolute Gasteiger partial charge is 0.367 e. The van der Waals surface area contributed by atoms with Crippen LogP contribution in [0.25, 0.3) is 0 Å². The monoisotopic (exact) mass is 325 g/mol. The molecule has 1 aromatic rings. The quantitative estimate of drug-likeness (QED) is 0.617. The molecule has 6 nitrogen and oxygen atoms in total. The van der Waals surface area contributed by atoms with Crippen molar-refractivity contribution in [2.45, 2.75) is 44.9 Å². The first-order valence-electron chi connectivity index (χ1n) is 8.22. The number of hydrogen-bond donors (Lipinski definition) is 2. The first kappa shape index (κ1) is 16.4. The normalized spacial score (nSPS) is 23.9. The van der Waals surface area contributed by atoms with Crippen molar-refractivity contribution in [3.8, 4) is 0 Å². The van der Waals surface area contributed by atoms with Gasteiger partial charge in [0.1, 0.15) is 5.82 Å². The van der Waals surface area contributed by atoms with E-state index in [4.69, 9.17) is 5.73 Å². The van der Waals surface area contributed by atoms with Gasteiger partial charge < -0.3 is 11.1 Å². The predicted octanol–water partition coefficient (Wildman–Crippen LogP) is 1.76. The summed E-state index contributed by atoms with van der Waals surface area (Å²) in [7, 11) is 0. The molecule has 1 aromatic carbocycles. The first-order valence-corrected chi connectivity index (χ1v) is 8.22. The number of allylic oxidation sites excluding steroid dienone is 1. The highest BCUT2D eigenvalue weighted by Crippen LogP contribution is 2.29. The highest BCUT2D eigenvalue weighted by Gasteiger charge is 2.38. The number of benzene rings is 1. The fraction of sp³-hybridized carbons (Fsp3) is 0.389. The van der Waals surface area contributed by atoms with Crippen LogP contribution >= 0.6 is 0 Å². The zero-order valence-electron chi connectivity index (χ0n) is 14.1. The smallest absolute Gasteiger partial charge is 0.207 e. The Balaban J connectivity index is 2.05. The van der Waals surface area contributed by atoms with Crippen molar-refractivity contribution in [1.29, 1.82) is 0 Å². The summed E-state index contributed by atoms with van der Waals surface area (Å²) < 4.78 is 0. The molecule has 0 aromatic heterocycles. The average Bonchev–Trinajstić information content (AvgIpc) is 3.42. The Bertz CT molecular complexity index is 720. The maximum atomic E-state index is 11.8. The van der Waals surface area contributed by atoms with Gasteiger partial charge in [-0.25, -0.2) is 10.0 Å². The molecule has 1 atom stereocenters. The Hall–Kier alpha value is -2.47. The molecule has 1 saturated carbocycles. The van der Waals surface area contributed by atoms with Crippen molar-refractivity contribution >= 4 is 18.2 Å². The molecule has 3 N–H and O–H groups in total. The molecule has 126 valence electrons. The van der Waals surface area contributed by atoms with E-state index >= 15 is 0 Å². The number of rotatable bonds is 6. The van der Waals surface area contributed by atoms with E-state index in [1.165, 1.54) is 0 Å². The average molecular weight is 325 g/mol. The minimum absolute atomic E-state index is 0.441.